The van der Waals surface area contributed by atoms with Gasteiger partial charge in [0.15, 0.2) is 0 Å². The van der Waals surface area contributed by atoms with Gasteiger partial charge in [-0.25, -0.2) is 8.42 Å². The van der Waals surface area contributed by atoms with Gasteiger partial charge in [-0.1, -0.05) is 20.3 Å². The molecule has 1 aliphatic rings. The molecular weight excluding hydrogens is 292 g/mol. The molecule has 0 bridgehead atoms. The van der Waals surface area contributed by atoms with Crippen LogP contribution in [-0.4, -0.2) is 32.4 Å². The second-order valence-electron chi connectivity index (χ2n) is 5.24. The van der Waals surface area contributed by atoms with Crippen molar-refractivity contribution in [3.05, 3.63) is 16.3 Å². The highest BCUT2D eigenvalue weighted by Gasteiger charge is 2.30. The zero-order valence-electron chi connectivity index (χ0n) is 12.3. The first-order valence-electron chi connectivity index (χ1n) is 7.36. The third kappa shape index (κ3) is 3.42. The van der Waals surface area contributed by atoms with Crippen molar-refractivity contribution < 1.29 is 8.42 Å². The highest BCUT2D eigenvalue weighted by atomic mass is 32.2. The molecule has 1 aromatic heterocycles. The number of hydrogen-bond acceptors (Lipinski definition) is 4. The van der Waals surface area contributed by atoms with E-state index >= 15 is 0 Å². The average molecular weight is 316 g/mol. The summed E-state index contributed by atoms with van der Waals surface area (Å²) >= 11 is 1.52. The third-order valence-corrected chi connectivity index (χ3v) is 7.04. The van der Waals surface area contributed by atoms with Crippen molar-refractivity contribution in [2.75, 3.05) is 19.6 Å². The SMILES string of the molecule is CCNCc1sccc1S(=O)(=O)N1CCC(CC)CC1. The van der Waals surface area contributed by atoms with Gasteiger partial charge in [-0.15, -0.1) is 11.3 Å². The molecule has 0 atom stereocenters. The van der Waals surface area contributed by atoms with E-state index in [1.54, 1.807) is 10.4 Å². The molecular formula is C14H24N2O2S2. The van der Waals surface area contributed by atoms with Crippen molar-refractivity contribution in [1.82, 2.24) is 9.62 Å². The smallest absolute Gasteiger partial charge is 0.244 e. The van der Waals surface area contributed by atoms with E-state index in [9.17, 15) is 8.42 Å². The first-order valence-corrected chi connectivity index (χ1v) is 9.68. The lowest BCUT2D eigenvalue weighted by atomic mass is 9.96. The molecule has 2 rings (SSSR count). The lowest BCUT2D eigenvalue weighted by Gasteiger charge is -2.30. The summed E-state index contributed by atoms with van der Waals surface area (Å²) in [6, 6.07) is 1.75. The van der Waals surface area contributed by atoms with E-state index in [1.165, 1.54) is 11.3 Å². The van der Waals surface area contributed by atoms with Gasteiger partial charge in [0.1, 0.15) is 0 Å². The summed E-state index contributed by atoms with van der Waals surface area (Å²) in [6.45, 7) is 7.02. The number of rotatable bonds is 6. The van der Waals surface area contributed by atoms with Gasteiger partial charge in [0.25, 0.3) is 0 Å². The molecule has 1 aromatic rings. The van der Waals surface area contributed by atoms with Crippen molar-refractivity contribution in [3.8, 4) is 0 Å². The minimum absolute atomic E-state index is 0.499. The predicted octanol–water partition coefficient (Wildman–Crippen LogP) is 2.67. The molecule has 0 aliphatic carbocycles. The van der Waals surface area contributed by atoms with Crippen LogP contribution in [0.1, 0.15) is 38.0 Å². The number of thiophene rings is 1. The number of piperidine rings is 1. The van der Waals surface area contributed by atoms with Gasteiger partial charge >= 0.3 is 0 Å². The maximum absolute atomic E-state index is 12.7. The van der Waals surface area contributed by atoms with Crippen LogP contribution in [0, 0.1) is 5.92 Å². The molecule has 2 heterocycles. The van der Waals surface area contributed by atoms with E-state index in [2.05, 4.69) is 12.2 Å². The van der Waals surface area contributed by atoms with Crippen LogP contribution in [0.5, 0.6) is 0 Å². The second-order valence-corrected chi connectivity index (χ2v) is 8.15. The zero-order chi connectivity index (χ0) is 14.6. The summed E-state index contributed by atoms with van der Waals surface area (Å²) in [7, 11) is -3.31. The van der Waals surface area contributed by atoms with Gasteiger partial charge in [0, 0.05) is 24.5 Å². The summed E-state index contributed by atoms with van der Waals surface area (Å²) in [5.74, 6) is 0.685. The highest BCUT2D eigenvalue weighted by Crippen LogP contribution is 2.29. The molecule has 1 saturated heterocycles. The summed E-state index contributed by atoms with van der Waals surface area (Å²) in [5, 5.41) is 5.08. The lowest BCUT2D eigenvalue weighted by molar-refractivity contribution is 0.269. The Bertz CT molecular complexity index is 517. The molecule has 1 aliphatic heterocycles. The minimum Gasteiger partial charge on any atom is -0.312 e. The van der Waals surface area contributed by atoms with E-state index in [-0.39, 0.29) is 0 Å². The summed E-state index contributed by atoms with van der Waals surface area (Å²) in [6.07, 6.45) is 3.13. The Morgan fingerprint density at radius 1 is 1.35 bits per heavy atom. The fraction of sp³-hybridized carbons (Fsp3) is 0.714. The van der Waals surface area contributed by atoms with Crippen molar-refractivity contribution in [2.45, 2.75) is 44.6 Å². The maximum Gasteiger partial charge on any atom is 0.244 e. The number of nitrogens with zero attached hydrogens (tertiary/aromatic N) is 1. The molecule has 1 fully saturated rings. The second kappa shape index (κ2) is 7.02. The molecule has 0 saturated carbocycles. The van der Waals surface area contributed by atoms with Crippen LogP contribution in [-0.2, 0) is 16.6 Å². The van der Waals surface area contributed by atoms with E-state index < -0.39 is 10.0 Å². The van der Waals surface area contributed by atoms with Crippen molar-refractivity contribution in [3.63, 3.8) is 0 Å². The van der Waals surface area contributed by atoms with E-state index in [0.717, 1.165) is 30.7 Å². The quantitative estimate of drug-likeness (QED) is 0.878. The van der Waals surface area contributed by atoms with E-state index in [1.807, 2.05) is 12.3 Å². The molecule has 0 amide bonds. The first kappa shape index (κ1) is 15.9. The van der Waals surface area contributed by atoms with Crippen LogP contribution in [0.25, 0.3) is 0 Å². The van der Waals surface area contributed by atoms with Crippen LogP contribution >= 0.6 is 11.3 Å². The molecule has 114 valence electrons. The number of hydrogen-bond donors (Lipinski definition) is 1. The van der Waals surface area contributed by atoms with Crippen LogP contribution in [0.4, 0.5) is 0 Å². The summed E-state index contributed by atoms with van der Waals surface area (Å²) in [5.41, 5.74) is 0. The topological polar surface area (TPSA) is 49.4 Å². The molecule has 0 spiro atoms. The third-order valence-electron chi connectivity index (χ3n) is 4.01. The minimum atomic E-state index is -3.31. The maximum atomic E-state index is 12.7. The van der Waals surface area contributed by atoms with Crippen LogP contribution in [0.2, 0.25) is 0 Å². The largest absolute Gasteiger partial charge is 0.312 e. The molecule has 4 nitrogen and oxygen atoms in total. The first-order chi connectivity index (χ1) is 9.59. The van der Waals surface area contributed by atoms with E-state index in [0.29, 0.717) is 30.4 Å². The Morgan fingerprint density at radius 3 is 2.65 bits per heavy atom. The molecule has 1 N–H and O–H groups in total. The van der Waals surface area contributed by atoms with Crippen LogP contribution in [0.15, 0.2) is 16.3 Å². The fourth-order valence-corrected chi connectivity index (χ4v) is 5.48. The van der Waals surface area contributed by atoms with Gasteiger partial charge < -0.3 is 5.32 Å². The van der Waals surface area contributed by atoms with Gasteiger partial charge in [0.2, 0.25) is 10.0 Å². The standard InChI is InChI=1S/C14H24N2O2S2/c1-3-12-5-8-16(9-6-12)20(17,18)14-7-10-19-13(14)11-15-4-2/h7,10,12,15H,3-6,8-9,11H2,1-2H3. The highest BCUT2D eigenvalue weighted by molar-refractivity contribution is 7.89. The van der Waals surface area contributed by atoms with Gasteiger partial charge in [0.05, 0.1) is 4.90 Å². The van der Waals surface area contributed by atoms with Crippen molar-refractivity contribution in [1.29, 1.82) is 0 Å². The summed E-state index contributed by atoms with van der Waals surface area (Å²) < 4.78 is 27.1. The van der Waals surface area contributed by atoms with Crippen molar-refractivity contribution in [2.24, 2.45) is 5.92 Å². The predicted molar refractivity (Wildman–Crippen MR) is 83.5 cm³/mol. The number of nitrogens with one attached hydrogen (secondary N) is 1. The Balaban J connectivity index is 2.12. The molecule has 6 heteroatoms. The van der Waals surface area contributed by atoms with Gasteiger partial charge in [-0.05, 0) is 36.8 Å². The van der Waals surface area contributed by atoms with Crippen LogP contribution < -0.4 is 5.32 Å². The zero-order valence-corrected chi connectivity index (χ0v) is 13.9. The van der Waals surface area contributed by atoms with Crippen LogP contribution in [0.3, 0.4) is 0 Å². The Morgan fingerprint density at radius 2 is 2.05 bits per heavy atom. The monoisotopic (exact) mass is 316 g/mol. The Kier molecular flexibility index (Phi) is 5.60. The molecule has 0 radical (unpaired) electrons. The Labute approximate surface area is 126 Å². The Hall–Kier alpha value is -0.430. The van der Waals surface area contributed by atoms with Gasteiger partial charge in [-0.3, -0.25) is 0 Å². The normalized spacial score (nSPS) is 18.5. The lowest BCUT2D eigenvalue weighted by Crippen LogP contribution is -2.38. The molecule has 0 unspecified atom stereocenters. The molecule has 0 aromatic carbocycles. The fourth-order valence-electron chi connectivity index (χ4n) is 2.62. The van der Waals surface area contributed by atoms with Crippen molar-refractivity contribution >= 4 is 21.4 Å². The average Bonchev–Trinajstić information content (AvgIpc) is 2.94. The van der Waals surface area contributed by atoms with Gasteiger partial charge in [-0.2, -0.15) is 4.31 Å². The molecule has 20 heavy (non-hydrogen) atoms. The number of sulfonamides is 1. The van der Waals surface area contributed by atoms with E-state index in [4.69, 9.17) is 0 Å². The summed E-state index contributed by atoms with van der Waals surface area (Å²) in [4.78, 5) is 1.42.